The van der Waals surface area contributed by atoms with Gasteiger partial charge in [-0.15, -0.1) is 0 Å². The number of nitrogens with one attached hydrogen (secondary N) is 1. The molecule has 1 aromatic rings. The normalized spacial score (nSPS) is 13.7. The Morgan fingerprint density at radius 3 is 2.40 bits per heavy atom. The summed E-state index contributed by atoms with van der Waals surface area (Å²) in [4.78, 5) is 0.121. The van der Waals surface area contributed by atoms with E-state index in [1.807, 2.05) is 6.92 Å². The van der Waals surface area contributed by atoms with Crippen molar-refractivity contribution in [3.05, 3.63) is 28.8 Å². The standard InChI is InChI=1S/C14H22ClNO3S/c1-10(2)4-5-11(3)16-20(18,19)13-7-6-12(9-17)14(15)8-13/h6-8,10-11,16-17H,4-5,9H2,1-3H3. The van der Waals surface area contributed by atoms with Gasteiger partial charge in [0.05, 0.1) is 11.5 Å². The largest absolute Gasteiger partial charge is 0.392 e. The minimum absolute atomic E-state index is 0.121. The average Bonchev–Trinajstić information content (AvgIpc) is 2.35. The van der Waals surface area contributed by atoms with Crippen LogP contribution in [0.3, 0.4) is 0 Å². The highest BCUT2D eigenvalue weighted by atomic mass is 35.5. The van der Waals surface area contributed by atoms with E-state index >= 15 is 0 Å². The smallest absolute Gasteiger partial charge is 0.240 e. The lowest BCUT2D eigenvalue weighted by atomic mass is 10.1. The van der Waals surface area contributed by atoms with Crippen LogP contribution in [0.4, 0.5) is 0 Å². The summed E-state index contributed by atoms with van der Waals surface area (Å²) in [7, 11) is -3.57. The van der Waals surface area contributed by atoms with Crippen LogP contribution in [0.25, 0.3) is 0 Å². The first-order chi connectivity index (χ1) is 9.26. The molecule has 0 aliphatic carbocycles. The Morgan fingerprint density at radius 2 is 1.90 bits per heavy atom. The highest BCUT2D eigenvalue weighted by Crippen LogP contribution is 2.21. The van der Waals surface area contributed by atoms with Crippen LogP contribution in [0, 0.1) is 5.92 Å². The van der Waals surface area contributed by atoms with Gasteiger partial charge in [-0.3, -0.25) is 0 Å². The van der Waals surface area contributed by atoms with Gasteiger partial charge >= 0.3 is 0 Å². The Kier molecular flexibility index (Phi) is 6.45. The molecule has 0 fully saturated rings. The summed E-state index contributed by atoms with van der Waals surface area (Å²) in [5, 5.41) is 9.28. The van der Waals surface area contributed by atoms with Crippen molar-refractivity contribution in [2.24, 2.45) is 5.92 Å². The number of rotatable bonds is 7. The second-order valence-corrected chi connectivity index (χ2v) is 7.53. The maximum atomic E-state index is 12.2. The number of halogens is 1. The SMILES string of the molecule is CC(C)CCC(C)NS(=O)(=O)c1ccc(CO)c(Cl)c1. The van der Waals surface area contributed by atoms with E-state index in [4.69, 9.17) is 16.7 Å². The molecule has 4 nitrogen and oxygen atoms in total. The van der Waals surface area contributed by atoms with E-state index in [1.165, 1.54) is 18.2 Å². The molecule has 2 N–H and O–H groups in total. The molecule has 6 heteroatoms. The molecule has 1 rings (SSSR count). The van der Waals surface area contributed by atoms with Gasteiger partial charge < -0.3 is 5.11 Å². The lowest BCUT2D eigenvalue weighted by molar-refractivity contribution is 0.282. The first kappa shape index (κ1) is 17.4. The van der Waals surface area contributed by atoms with E-state index in [0.29, 0.717) is 11.5 Å². The van der Waals surface area contributed by atoms with Gasteiger partial charge in [-0.1, -0.05) is 31.5 Å². The summed E-state index contributed by atoms with van der Waals surface area (Å²) in [6.07, 6.45) is 1.76. The molecule has 1 unspecified atom stereocenters. The van der Waals surface area contributed by atoms with Gasteiger partial charge in [-0.05, 0) is 43.4 Å². The lowest BCUT2D eigenvalue weighted by Gasteiger charge is -2.15. The summed E-state index contributed by atoms with van der Waals surface area (Å²) in [5.74, 6) is 0.542. The van der Waals surface area contributed by atoms with Crippen molar-refractivity contribution in [1.82, 2.24) is 4.72 Å². The van der Waals surface area contributed by atoms with Crippen LogP contribution in [-0.4, -0.2) is 19.6 Å². The van der Waals surface area contributed by atoms with E-state index in [9.17, 15) is 8.42 Å². The number of aliphatic hydroxyl groups excluding tert-OH is 1. The first-order valence-corrected chi connectivity index (χ1v) is 8.54. The first-order valence-electron chi connectivity index (χ1n) is 6.68. The van der Waals surface area contributed by atoms with Gasteiger partial charge in [-0.25, -0.2) is 13.1 Å². The molecule has 0 radical (unpaired) electrons. The van der Waals surface area contributed by atoms with Crippen LogP contribution in [0.15, 0.2) is 23.1 Å². The van der Waals surface area contributed by atoms with Crippen LogP contribution >= 0.6 is 11.6 Å². The van der Waals surface area contributed by atoms with Gasteiger partial charge in [-0.2, -0.15) is 0 Å². The Hall–Kier alpha value is -0.620. The number of hydrogen-bond acceptors (Lipinski definition) is 3. The van der Waals surface area contributed by atoms with Crippen LogP contribution in [0.2, 0.25) is 5.02 Å². The second kappa shape index (κ2) is 7.41. The summed E-state index contributed by atoms with van der Waals surface area (Å²) < 4.78 is 27.1. The molecule has 20 heavy (non-hydrogen) atoms. The van der Waals surface area contributed by atoms with E-state index < -0.39 is 10.0 Å². The fourth-order valence-electron chi connectivity index (χ4n) is 1.80. The highest BCUT2D eigenvalue weighted by molar-refractivity contribution is 7.89. The lowest BCUT2D eigenvalue weighted by Crippen LogP contribution is -2.32. The second-order valence-electron chi connectivity index (χ2n) is 5.40. The molecule has 0 aromatic heterocycles. The van der Waals surface area contributed by atoms with Gasteiger partial charge in [0.15, 0.2) is 0 Å². The molecular formula is C14H22ClNO3S. The molecule has 0 bridgehead atoms. The van der Waals surface area contributed by atoms with Crippen molar-refractivity contribution in [1.29, 1.82) is 0 Å². The van der Waals surface area contributed by atoms with Crippen LogP contribution in [-0.2, 0) is 16.6 Å². The van der Waals surface area contributed by atoms with Crippen molar-refractivity contribution in [2.75, 3.05) is 0 Å². The summed E-state index contributed by atoms with van der Waals surface area (Å²) >= 11 is 5.92. The van der Waals surface area contributed by atoms with Gasteiger partial charge in [0.2, 0.25) is 10.0 Å². The fourth-order valence-corrected chi connectivity index (χ4v) is 3.41. The molecule has 0 spiro atoms. The molecule has 0 heterocycles. The van der Waals surface area contributed by atoms with Crippen molar-refractivity contribution in [2.45, 2.75) is 51.2 Å². The van der Waals surface area contributed by atoms with Crippen LogP contribution in [0.1, 0.15) is 39.2 Å². The number of aliphatic hydroxyl groups is 1. The Labute approximate surface area is 126 Å². The number of hydrogen-bond donors (Lipinski definition) is 2. The molecular weight excluding hydrogens is 298 g/mol. The predicted octanol–water partition coefficient (Wildman–Crippen LogP) is 2.94. The summed E-state index contributed by atoms with van der Waals surface area (Å²) in [5.41, 5.74) is 0.512. The van der Waals surface area contributed by atoms with Crippen LogP contribution in [0.5, 0.6) is 0 Å². The van der Waals surface area contributed by atoms with Crippen molar-refractivity contribution in [3.63, 3.8) is 0 Å². The van der Waals surface area contributed by atoms with Gasteiger partial charge in [0.25, 0.3) is 0 Å². The zero-order valence-corrected chi connectivity index (χ0v) is 13.6. The third-order valence-electron chi connectivity index (χ3n) is 3.04. The highest BCUT2D eigenvalue weighted by Gasteiger charge is 2.18. The molecule has 0 aliphatic heterocycles. The third kappa shape index (κ3) is 5.05. The monoisotopic (exact) mass is 319 g/mol. The Morgan fingerprint density at radius 1 is 1.25 bits per heavy atom. The molecule has 0 saturated heterocycles. The van der Waals surface area contributed by atoms with E-state index in [-0.39, 0.29) is 22.6 Å². The maximum Gasteiger partial charge on any atom is 0.240 e. The molecule has 0 aliphatic rings. The number of benzene rings is 1. The van der Waals surface area contributed by atoms with Crippen molar-refractivity contribution < 1.29 is 13.5 Å². The third-order valence-corrected chi connectivity index (χ3v) is 4.98. The minimum Gasteiger partial charge on any atom is -0.392 e. The molecule has 1 atom stereocenters. The van der Waals surface area contributed by atoms with Crippen LogP contribution < -0.4 is 4.72 Å². The summed E-state index contributed by atoms with van der Waals surface area (Å²) in [6.45, 7) is 5.85. The molecule has 1 aromatic carbocycles. The van der Waals surface area contributed by atoms with Gasteiger partial charge in [0, 0.05) is 11.1 Å². The average molecular weight is 320 g/mol. The van der Waals surface area contributed by atoms with E-state index in [0.717, 1.165) is 12.8 Å². The molecule has 0 saturated carbocycles. The van der Waals surface area contributed by atoms with Crippen molar-refractivity contribution in [3.8, 4) is 0 Å². The Bertz CT molecular complexity index is 543. The topological polar surface area (TPSA) is 66.4 Å². The van der Waals surface area contributed by atoms with E-state index in [2.05, 4.69) is 18.6 Å². The summed E-state index contributed by atoms with van der Waals surface area (Å²) in [6, 6.07) is 4.22. The van der Waals surface area contributed by atoms with E-state index in [1.54, 1.807) is 0 Å². The maximum absolute atomic E-state index is 12.2. The predicted molar refractivity (Wildman–Crippen MR) is 81.2 cm³/mol. The quantitative estimate of drug-likeness (QED) is 0.812. The fraction of sp³-hybridized carbons (Fsp3) is 0.571. The van der Waals surface area contributed by atoms with Crippen molar-refractivity contribution >= 4 is 21.6 Å². The zero-order chi connectivity index (χ0) is 15.3. The minimum atomic E-state index is -3.57. The van der Waals surface area contributed by atoms with Gasteiger partial charge in [0.1, 0.15) is 0 Å². The number of sulfonamides is 1. The molecule has 114 valence electrons. The Balaban J connectivity index is 2.81. The molecule has 0 amide bonds. The zero-order valence-electron chi connectivity index (χ0n) is 12.1.